The molecule has 1 heterocycles. The number of halogens is 2. The summed E-state index contributed by atoms with van der Waals surface area (Å²) in [4.78, 5) is 4.11. The number of hydrogen-bond donors (Lipinski definition) is 1. The monoisotopic (exact) mass is 332 g/mol. The van der Waals surface area contributed by atoms with Crippen molar-refractivity contribution >= 4 is 35.1 Å². The number of rotatable bonds is 3. The van der Waals surface area contributed by atoms with Gasteiger partial charge in [-0.2, -0.15) is 4.99 Å². The summed E-state index contributed by atoms with van der Waals surface area (Å²) < 4.78 is 5.47. The highest BCUT2D eigenvalue weighted by molar-refractivity contribution is 6.30. The third-order valence-electron chi connectivity index (χ3n) is 2.86. The van der Waals surface area contributed by atoms with E-state index in [0.717, 1.165) is 11.1 Å². The van der Waals surface area contributed by atoms with Gasteiger partial charge in [0.2, 0.25) is 5.89 Å². The van der Waals surface area contributed by atoms with Crippen molar-refractivity contribution in [1.29, 1.82) is 0 Å². The van der Waals surface area contributed by atoms with Gasteiger partial charge >= 0.3 is 6.01 Å². The van der Waals surface area contributed by atoms with E-state index in [1.54, 1.807) is 48.5 Å². The van der Waals surface area contributed by atoms with E-state index in [2.05, 4.69) is 15.2 Å². The molecule has 0 aliphatic rings. The number of nitrogens with zero attached hydrogens (tertiary/aromatic N) is 3. The molecule has 1 aromatic heterocycles. The first-order valence-electron chi connectivity index (χ1n) is 6.31. The highest BCUT2D eigenvalue weighted by atomic mass is 35.5. The van der Waals surface area contributed by atoms with Crippen LogP contribution < -0.4 is 5.73 Å². The molecule has 0 spiro atoms. The Morgan fingerprint density at radius 1 is 0.909 bits per heavy atom. The molecule has 22 heavy (non-hydrogen) atoms. The first kappa shape index (κ1) is 14.6. The second-order valence-corrected chi connectivity index (χ2v) is 5.27. The van der Waals surface area contributed by atoms with E-state index in [4.69, 9.17) is 33.4 Å². The zero-order valence-electron chi connectivity index (χ0n) is 11.2. The molecule has 0 unspecified atom stereocenters. The van der Waals surface area contributed by atoms with Crippen molar-refractivity contribution in [1.82, 2.24) is 10.2 Å². The summed E-state index contributed by atoms with van der Waals surface area (Å²) in [6.07, 6.45) is 0. The van der Waals surface area contributed by atoms with Gasteiger partial charge in [-0.05, 0) is 48.5 Å². The molecular weight excluding hydrogens is 323 g/mol. The molecule has 7 heteroatoms. The summed E-state index contributed by atoms with van der Waals surface area (Å²) in [5.74, 6) is 0.613. The Hall–Kier alpha value is -2.37. The lowest BCUT2D eigenvalue weighted by Gasteiger charge is -1.98. The van der Waals surface area contributed by atoms with Gasteiger partial charge in [0, 0.05) is 21.2 Å². The predicted molar refractivity (Wildman–Crippen MR) is 86.6 cm³/mol. The third kappa shape index (κ3) is 3.27. The molecule has 3 rings (SSSR count). The van der Waals surface area contributed by atoms with Crippen molar-refractivity contribution in [3.05, 3.63) is 64.1 Å². The fraction of sp³-hybridized carbons (Fsp3) is 0. The van der Waals surface area contributed by atoms with E-state index >= 15 is 0 Å². The fourth-order valence-corrected chi connectivity index (χ4v) is 2.01. The van der Waals surface area contributed by atoms with Gasteiger partial charge in [0.05, 0.1) is 0 Å². The topological polar surface area (TPSA) is 77.3 Å². The lowest BCUT2D eigenvalue weighted by molar-refractivity contribution is 0.580. The normalized spacial score (nSPS) is 11.6. The second kappa shape index (κ2) is 6.17. The van der Waals surface area contributed by atoms with Gasteiger partial charge < -0.3 is 10.2 Å². The standard InChI is InChI=1S/C15H10Cl2N4O/c16-11-5-1-9(2-6-11)13(18)19-15-21-20-14(22-15)10-3-7-12(17)8-4-10/h1-8H,(H2,18,19,21). The average molecular weight is 333 g/mol. The van der Waals surface area contributed by atoms with Gasteiger partial charge in [-0.3, -0.25) is 0 Å². The summed E-state index contributed by atoms with van der Waals surface area (Å²) in [5, 5.41) is 9.05. The highest BCUT2D eigenvalue weighted by Crippen LogP contribution is 2.23. The van der Waals surface area contributed by atoms with Crippen LogP contribution in [0.3, 0.4) is 0 Å². The number of amidine groups is 1. The molecule has 110 valence electrons. The minimum absolute atomic E-state index is 0.0809. The summed E-state index contributed by atoms with van der Waals surface area (Å²) in [7, 11) is 0. The second-order valence-electron chi connectivity index (χ2n) is 4.40. The predicted octanol–water partition coefficient (Wildman–Crippen LogP) is 4.08. The minimum atomic E-state index is 0.0809. The molecule has 0 aliphatic heterocycles. The lowest BCUT2D eigenvalue weighted by Crippen LogP contribution is -2.12. The molecule has 3 aromatic rings. The summed E-state index contributed by atoms with van der Waals surface area (Å²) in [5.41, 5.74) is 7.38. The molecule has 0 saturated heterocycles. The van der Waals surface area contributed by atoms with Crippen molar-refractivity contribution < 1.29 is 4.42 Å². The van der Waals surface area contributed by atoms with E-state index in [1.165, 1.54) is 0 Å². The maximum atomic E-state index is 5.91. The number of benzene rings is 2. The molecular formula is C15H10Cl2N4O. The molecule has 5 nitrogen and oxygen atoms in total. The fourth-order valence-electron chi connectivity index (χ4n) is 1.76. The van der Waals surface area contributed by atoms with Gasteiger partial charge in [-0.15, -0.1) is 5.10 Å². The number of aromatic nitrogens is 2. The highest BCUT2D eigenvalue weighted by Gasteiger charge is 2.09. The van der Waals surface area contributed by atoms with Crippen molar-refractivity contribution in [2.24, 2.45) is 10.7 Å². The first-order valence-corrected chi connectivity index (χ1v) is 7.07. The molecule has 0 bridgehead atoms. The van der Waals surface area contributed by atoms with Gasteiger partial charge in [-0.25, -0.2) is 0 Å². The summed E-state index contributed by atoms with van der Waals surface area (Å²) >= 11 is 11.7. The molecule has 0 aliphatic carbocycles. The lowest BCUT2D eigenvalue weighted by atomic mass is 10.2. The number of nitrogens with two attached hydrogens (primary N) is 1. The van der Waals surface area contributed by atoms with Crippen LogP contribution in [0.4, 0.5) is 6.01 Å². The number of aliphatic imine (C=N–C) groups is 1. The van der Waals surface area contributed by atoms with Crippen LogP contribution >= 0.6 is 23.2 Å². The van der Waals surface area contributed by atoms with Crippen molar-refractivity contribution in [3.8, 4) is 11.5 Å². The zero-order chi connectivity index (χ0) is 15.5. The minimum Gasteiger partial charge on any atom is -0.402 e. The molecule has 0 saturated carbocycles. The van der Waals surface area contributed by atoms with Gasteiger partial charge in [0.15, 0.2) is 0 Å². The Balaban J connectivity index is 1.85. The third-order valence-corrected chi connectivity index (χ3v) is 3.37. The quantitative estimate of drug-likeness (QED) is 0.579. The van der Waals surface area contributed by atoms with E-state index in [1.807, 2.05) is 0 Å². The van der Waals surface area contributed by atoms with Crippen molar-refractivity contribution in [3.63, 3.8) is 0 Å². The van der Waals surface area contributed by atoms with Crippen LogP contribution in [0.15, 0.2) is 57.9 Å². The summed E-state index contributed by atoms with van der Waals surface area (Å²) in [6.45, 7) is 0. The maximum absolute atomic E-state index is 5.91. The van der Waals surface area contributed by atoms with E-state index in [0.29, 0.717) is 15.9 Å². The van der Waals surface area contributed by atoms with E-state index in [9.17, 15) is 0 Å². The smallest absolute Gasteiger partial charge is 0.344 e. The van der Waals surface area contributed by atoms with Crippen LogP contribution in [0.25, 0.3) is 11.5 Å². The molecule has 2 aromatic carbocycles. The van der Waals surface area contributed by atoms with Crippen molar-refractivity contribution in [2.45, 2.75) is 0 Å². The summed E-state index contributed by atoms with van der Waals surface area (Å²) in [6, 6.07) is 14.1. The average Bonchev–Trinajstić information content (AvgIpc) is 2.97. The Labute approximate surface area is 136 Å². The Morgan fingerprint density at radius 2 is 1.50 bits per heavy atom. The van der Waals surface area contributed by atoms with Crippen LogP contribution in [0.2, 0.25) is 10.0 Å². The van der Waals surface area contributed by atoms with E-state index in [-0.39, 0.29) is 11.9 Å². The molecule has 0 atom stereocenters. The SMILES string of the molecule is N/C(=N\c1nnc(-c2ccc(Cl)cc2)o1)c1ccc(Cl)cc1. The van der Waals surface area contributed by atoms with Crippen LogP contribution in [0, 0.1) is 0 Å². The van der Waals surface area contributed by atoms with Crippen LogP contribution in [-0.2, 0) is 0 Å². The maximum Gasteiger partial charge on any atom is 0.344 e. The Bertz CT molecular complexity index is 810. The Kier molecular flexibility index (Phi) is 4.09. The Morgan fingerprint density at radius 3 is 2.14 bits per heavy atom. The van der Waals surface area contributed by atoms with Crippen molar-refractivity contribution in [2.75, 3.05) is 0 Å². The van der Waals surface area contributed by atoms with Gasteiger partial charge in [-0.1, -0.05) is 28.3 Å². The van der Waals surface area contributed by atoms with E-state index < -0.39 is 0 Å². The zero-order valence-corrected chi connectivity index (χ0v) is 12.7. The van der Waals surface area contributed by atoms with Gasteiger partial charge in [0.25, 0.3) is 0 Å². The van der Waals surface area contributed by atoms with Crippen LogP contribution in [0.1, 0.15) is 5.56 Å². The van der Waals surface area contributed by atoms with Crippen LogP contribution in [-0.4, -0.2) is 16.0 Å². The largest absolute Gasteiger partial charge is 0.402 e. The molecule has 0 radical (unpaired) electrons. The van der Waals surface area contributed by atoms with Gasteiger partial charge in [0.1, 0.15) is 5.84 Å². The number of hydrogen-bond acceptors (Lipinski definition) is 4. The molecule has 0 fully saturated rings. The van der Waals surface area contributed by atoms with Crippen LogP contribution in [0.5, 0.6) is 0 Å². The first-order chi connectivity index (χ1) is 10.6. The molecule has 0 amide bonds. The molecule has 2 N–H and O–H groups in total.